The summed E-state index contributed by atoms with van der Waals surface area (Å²) in [5.74, 6) is 1.16. The molecule has 0 atom stereocenters. The third kappa shape index (κ3) is 2.26. The van der Waals surface area contributed by atoms with E-state index in [1.54, 1.807) is 0 Å². The average molecular weight is 259 g/mol. The van der Waals surface area contributed by atoms with Gasteiger partial charge in [0.05, 0.1) is 24.5 Å². The number of para-hydroxylation sites is 2. The molecule has 19 heavy (non-hydrogen) atoms. The van der Waals surface area contributed by atoms with Crippen molar-refractivity contribution in [2.75, 3.05) is 29.9 Å². The van der Waals surface area contributed by atoms with Gasteiger partial charge in [-0.05, 0) is 12.1 Å². The van der Waals surface area contributed by atoms with Gasteiger partial charge in [0.25, 0.3) is 0 Å². The third-order valence-corrected chi connectivity index (χ3v) is 3.36. The van der Waals surface area contributed by atoms with E-state index in [9.17, 15) is 0 Å². The Morgan fingerprint density at radius 3 is 2.79 bits per heavy atom. The smallest absolute Gasteiger partial charge is 0.240 e. The molecule has 100 valence electrons. The molecule has 0 saturated heterocycles. The topological polar surface area (TPSA) is 71.4 Å². The number of hydrogen-bond donors (Lipinski definition) is 1. The van der Waals surface area contributed by atoms with Gasteiger partial charge in [-0.1, -0.05) is 17.3 Å². The first-order chi connectivity index (χ1) is 9.28. The van der Waals surface area contributed by atoms with Crippen molar-refractivity contribution < 1.29 is 4.52 Å². The van der Waals surface area contributed by atoms with Crippen LogP contribution in [0.15, 0.2) is 28.8 Å². The number of hydrogen-bond acceptors (Lipinski definition) is 6. The fourth-order valence-electron chi connectivity index (χ4n) is 2.34. The van der Waals surface area contributed by atoms with Crippen molar-refractivity contribution >= 4 is 11.4 Å². The van der Waals surface area contributed by atoms with Crippen molar-refractivity contribution in [1.29, 1.82) is 0 Å². The van der Waals surface area contributed by atoms with Crippen molar-refractivity contribution in [3.05, 3.63) is 36.0 Å². The first kappa shape index (κ1) is 12.0. The van der Waals surface area contributed by atoms with Crippen LogP contribution in [0.25, 0.3) is 0 Å². The van der Waals surface area contributed by atoms with Crippen LogP contribution >= 0.6 is 0 Å². The Kier molecular flexibility index (Phi) is 3.08. The number of anilines is 2. The minimum atomic E-state index is 0.284. The number of likely N-dealkylation sites (N-methyl/N-ethyl adjacent to an activating group) is 1. The minimum Gasteiger partial charge on any atom is -0.371 e. The van der Waals surface area contributed by atoms with Gasteiger partial charge in [0.2, 0.25) is 5.89 Å². The van der Waals surface area contributed by atoms with E-state index >= 15 is 0 Å². The predicted molar refractivity (Wildman–Crippen MR) is 73.0 cm³/mol. The number of nitrogens with zero attached hydrogens (tertiary/aromatic N) is 4. The quantitative estimate of drug-likeness (QED) is 0.886. The van der Waals surface area contributed by atoms with E-state index in [4.69, 9.17) is 10.3 Å². The molecule has 1 aromatic carbocycles. The van der Waals surface area contributed by atoms with Gasteiger partial charge < -0.3 is 20.1 Å². The van der Waals surface area contributed by atoms with E-state index in [0.29, 0.717) is 18.3 Å². The largest absolute Gasteiger partial charge is 0.371 e. The normalized spacial score (nSPS) is 14.6. The summed E-state index contributed by atoms with van der Waals surface area (Å²) in [6.45, 7) is 2.86. The maximum Gasteiger partial charge on any atom is 0.240 e. The highest BCUT2D eigenvalue weighted by molar-refractivity contribution is 5.72. The lowest BCUT2D eigenvalue weighted by Crippen LogP contribution is -2.38. The summed E-state index contributed by atoms with van der Waals surface area (Å²) >= 11 is 0. The summed E-state index contributed by atoms with van der Waals surface area (Å²) in [4.78, 5) is 8.78. The number of rotatable bonds is 3. The average Bonchev–Trinajstić information content (AvgIpc) is 2.90. The first-order valence-corrected chi connectivity index (χ1v) is 6.34. The van der Waals surface area contributed by atoms with E-state index in [-0.39, 0.29) is 6.54 Å². The van der Waals surface area contributed by atoms with Crippen LogP contribution in [0, 0.1) is 0 Å². The molecule has 0 bridgehead atoms. The van der Waals surface area contributed by atoms with Gasteiger partial charge in [-0.2, -0.15) is 4.98 Å². The zero-order valence-corrected chi connectivity index (χ0v) is 10.9. The minimum absolute atomic E-state index is 0.284. The molecule has 1 aromatic heterocycles. The molecule has 6 nitrogen and oxygen atoms in total. The first-order valence-electron chi connectivity index (χ1n) is 6.34. The molecule has 2 N–H and O–H groups in total. The Bertz CT molecular complexity index is 568. The highest BCUT2D eigenvalue weighted by Crippen LogP contribution is 2.32. The molecule has 1 aliphatic heterocycles. The second kappa shape index (κ2) is 4.89. The van der Waals surface area contributed by atoms with Crippen LogP contribution in [0.1, 0.15) is 11.7 Å². The summed E-state index contributed by atoms with van der Waals surface area (Å²) in [5.41, 5.74) is 7.91. The standard InChI is InChI=1S/C13H17N5O/c1-17-6-7-18(11-5-3-2-4-10(11)17)9-12-15-13(8-14)19-16-12/h2-5H,6-9,14H2,1H3. The summed E-state index contributed by atoms with van der Waals surface area (Å²) in [7, 11) is 2.11. The van der Waals surface area contributed by atoms with Crippen LogP contribution in [0.5, 0.6) is 0 Å². The molecule has 2 aromatic rings. The van der Waals surface area contributed by atoms with Crippen LogP contribution in [-0.4, -0.2) is 30.3 Å². The lowest BCUT2D eigenvalue weighted by atomic mass is 10.2. The molecule has 0 saturated carbocycles. The Labute approximate surface area is 111 Å². The summed E-state index contributed by atoms with van der Waals surface area (Å²) in [6, 6.07) is 8.35. The van der Waals surface area contributed by atoms with Crippen LogP contribution in [0.4, 0.5) is 11.4 Å². The van der Waals surface area contributed by atoms with Crippen LogP contribution in [0.2, 0.25) is 0 Å². The maximum absolute atomic E-state index is 5.47. The van der Waals surface area contributed by atoms with Gasteiger partial charge in [0, 0.05) is 20.1 Å². The number of benzene rings is 1. The monoisotopic (exact) mass is 259 g/mol. The SMILES string of the molecule is CN1CCN(Cc2noc(CN)n2)c2ccccc21. The molecular formula is C13H17N5O. The van der Waals surface area contributed by atoms with E-state index in [2.05, 4.69) is 45.2 Å². The van der Waals surface area contributed by atoms with Gasteiger partial charge in [-0.3, -0.25) is 0 Å². The van der Waals surface area contributed by atoms with E-state index < -0.39 is 0 Å². The maximum atomic E-state index is 5.47. The van der Waals surface area contributed by atoms with Crippen molar-refractivity contribution in [2.45, 2.75) is 13.1 Å². The zero-order chi connectivity index (χ0) is 13.2. The molecule has 0 spiro atoms. The highest BCUT2D eigenvalue weighted by atomic mass is 16.5. The van der Waals surface area contributed by atoms with Crippen molar-refractivity contribution in [1.82, 2.24) is 10.1 Å². The Morgan fingerprint density at radius 2 is 2.05 bits per heavy atom. The molecule has 6 heteroatoms. The van der Waals surface area contributed by atoms with Gasteiger partial charge in [-0.25, -0.2) is 0 Å². The lowest BCUT2D eigenvalue weighted by molar-refractivity contribution is 0.374. The zero-order valence-electron chi connectivity index (χ0n) is 10.9. The molecule has 1 aliphatic rings. The van der Waals surface area contributed by atoms with Crippen molar-refractivity contribution in [3.8, 4) is 0 Å². The molecule has 2 heterocycles. The second-order valence-corrected chi connectivity index (χ2v) is 4.64. The van der Waals surface area contributed by atoms with Crippen LogP contribution in [-0.2, 0) is 13.1 Å². The van der Waals surface area contributed by atoms with Gasteiger partial charge >= 0.3 is 0 Å². The van der Waals surface area contributed by atoms with E-state index in [0.717, 1.165) is 13.1 Å². The Morgan fingerprint density at radius 1 is 1.26 bits per heavy atom. The highest BCUT2D eigenvalue weighted by Gasteiger charge is 2.21. The van der Waals surface area contributed by atoms with Crippen LogP contribution < -0.4 is 15.5 Å². The predicted octanol–water partition coefficient (Wildman–Crippen LogP) is 0.985. The summed E-state index contributed by atoms with van der Waals surface area (Å²) < 4.78 is 5.04. The molecule has 0 amide bonds. The van der Waals surface area contributed by atoms with Gasteiger partial charge in [0.15, 0.2) is 5.82 Å². The molecule has 0 fully saturated rings. The lowest BCUT2D eigenvalue weighted by Gasteiger charge is -2.36. The third-order valence-electron chi connectivity index (χ3n) is 3.36. The van der Waals surface area contributed by atoms with Crippen LogP contribution in [0.3, 0.4) is 0 Å². The van der Waals surface area contributed by atoms with Crippen molar-refractivity contribution in [2.24, 2.45) is 5.73 Å². The molecule has 3 rings (SSSR count). The van der Waals surface area contributed by atoms with Crippen molar-refractivity contribution in [3.63, 3.8) is 0 Å². The molecule has 0 radical (unpaired) electrons. The summed E-state index contributed by atoms with van der Waals surface area (Å²) in [5, 5.41) is 3.95. The molecule has 0 unspecified atom stereocenters. The number of fused-ring (bicyclic) bond motifs is 1. The van der Waals surface area contributed by atoms with E-state index in [1.165, 1.54) is 11.4 Å². The second-order valence-electron chi connectivity index (χ2n) is 4.64. The number of aromatic nitrogens is 2. The Balaban J connectivity index is 1.84. The van der Waals surface area contributed by atoms with E-state index in [1.807, 2.05) is 6.07 Å². The fourth-order valence-corrected chi connectivity index (χ4v) is 2.34. The number of nitrogens with two attached hydrogens (primary N) is 1. The van der Waals surface area contributed by atoms with Gasteiger partial charge in [0.1, 0.15) is 0 Å². The van der Waals surface area contributed by atoms with Gasteiger partial charge in [-0.15, -0.1) is 0 Å². The Hall–Kier alpha value is -2.08. The molecule has 0 aliphatic carbocycles. The summed E-state index contributed by atoms with van der Waals surface area (Å²) in [6.07, 6.45) is 0. The molecular weight excluding hydrogens is 242 g/mol. The fraction of sp³-hybridized carbons (Fsp3) is 0.385.